The van der Waals surface area contributed by atoms with Gasteiger partial charge in [0.25, 0.3) is 0 Å². The number of aromatic hydroxyl groups is 1. The molecule has 8 nitrogen and oxygen atoms in total. The molecule has 0 amide bonds. The van der Waals surface area contributed by atoms with Crippen LogP contribution in [0.1, 0.15) is 0 Å². The van der Waals surface area contributed by atoms with Crippen LogP contribution in [-0.4, -0.2) is 31.3 Å². The van der Waals surface area contributed by atoms with E-state index < -0.39 is 15.7 Å². The molecule has 0 aliphatic heterocycles. The Morgan fingerprint density at radius 3 is 2.68 bits per heavy atom. The average Bonchev–Trinajstić information content (AvgIpc) is 2.30. The molecule has 0 aliphatic carbocycles. The molecule has 0 bridgehead atoms. The lowest BCUT2D eigenvalue weighted by atomic mass is 10.3. The van der Waals surface area contributed by atoms with Gasteiger partial charge in [-0.1, -0.05) is 0 Å². The van der Waals surface area contributed by atoms with E-state index in [4.69, 9.17) is 16.4 Å². The first-order valence-corrected chi connectivity index (χ1v) is 6.76. The molecule has 0 heterocycles. The minimum atomic E-state index is -3.43. The molecule has 0 radical (unpaired) electrons. The second kappa shape index (κ2) is 5.36. The Kier molecular flexibility index (Phi) is 4.08. The highest BCUT2D eigenvalue weighted by atomic mass is 32.2. The number of hydrogen-bond acceptors (Lipinski definition) is 7. The van der Waals surface area contributed by atoms with E-state index in [0.717, 1.165) is 12.3 Å². The van der Waals surface area contributed by atoms with E-state index >= 15 is 0 Å². The van der Waals surface area contributed by atoms with Crippen molar-refractivity contribution in [3.8, 4) is 11.8 Å². The normalized spacial score (nSPS) is 11.7. The molecule has 0 spiro atoms. The predicted molar refractivity (Wildman–Crippen MR) is 69.8 cm³/mol. The first-order chi connectivity index (χ1) is 8.75. The molecule has 100 valence electrons. The minimum absolute atomic E-state index is 0.0167. The standard InChI is InChI=1S/C10H11N5O3S/c1-19(17,18)6-2-3-9(16)7(4-6)14-15-8(5-11)10(12)13/h2-4,14,16H,1H3,(H3,12,13)/b15-8+. The van der Waals surface area contributed by atoms with E-state index in [1.54, 1.807) is 6.07 Å². The van der Waals surface area contributed by atoms with Crippen LogP contribution in [0.3, 0.4) is 0 Å². The van der Waals surface area contributed by atoms with Gasteiger partial charge in [-0.15, -0.1) is 0 Å². The summed E-state index contributed by atoms with van der Waals surface area (Å²) in [5.41, 5.74) is 6.97. The molecule has 1 rings (SSSR count). The highest BCUT2D eigenvalue weighted by Gasteiger charge is 2.11. The SMILES string of the molecule is CS(=O)(=O)c1ccc(O)c(N/N=C(\C#N)C(=N)N)c1. The van der Waals surface area contributed by atoms with Gasteiger partial charge in [0.1, 0.15) is 11.8 Å². The van der Waals surface area contributed by atoms with Crippen LogP contribution in [-0.2, 0) is 9.84 Å². The summed E-state index contributed by atoms with van der Waals surface area (Å²) < 4.78 is 22.7. The molecular weight excluding hydrogens is 270 g/mol. The summed E-state index contributed by atoms with van der Waals surface area (Å²) in [7, 11) is -3.43. The molecule has 0 aromatic heterocycles. The van der Waals surface area contributed by atoms with E-state index in [-0.39, 0.29) is 22.0 Å². The smallest absolute Gasteiger partial charge is 0.201 e. The van der Waals surface area contributed by atoms with E-state index in [0.29, 0.717) is 0 Å². The molecule has 0 unspecified atom stereocenters. The Labute approximate surface area is 109 Å². The predicted octanol–water partition coefficient (Wildman–Crippen LogP) is 0.0231. The molecular formula is C10H11N5O3S. The van der Waals surface area contributed by atoms with E-state index in [1.807, 2.05) is 0 Å². The summed E-state index contributed by atoms with van der Waals surface area (Å²) in [6.07, 6.45) is 1.02. The lowest BCUT2D eigenvalue weighted by Crippen LogP contribution is -2.21. The van der Waals surface area contributed by atoms with Gasteiger partial charge in [-0.3, -0.25) is 10.8 Å². The average molecular weight is 281 g/mol. The van der Waals surface area contributed by atoms with Crippen LogP contribution in [0, 0.1) is 16.7 Å². The Morgan fingerprint density at radius 2 is 2.21 bits per heavy atom. The van der Waals surface area contributed by atoms with Gasteiger partial charge in [0.05, 0.1) is 10.6 Å². The van der Waals surface area contributed by atoms with Gasteiger partial charge in [0.2, 0.25) is 5.71 Å². The van der Waals surface area contributed by atoms with Gasteiger partial charge in [-0.2, -0.15) is 10.4 Å². The number of phenolic OH excluding ortho intramolecular Hbond substituents is 1. The summed E-state index contributed by atoms with van der Waals surface area (Å²) in [6, 6.07) is 5.14. The molecule has 0 fully saturated rings. The highest BCUT2D eigenvalue weighted by molar-refractivity contribution is 7.90. The fourth-order valence-electron chi connectivity index (χ4n) is 1.10. The van der Waals surface area contributed by atoms with Crippen molar-refractivity contribution in [2.75, 3.05) is 11.7 Å². The molecule has 0 saturated heterocycles. The van der Waals surface area contributed by atoms with E-state index in [2.05, 4.69) is 10.5 Å². The Morgan fingerprint density at radius 1 is 1.58 bits per heavy atom. The van der Waals surface area contributed by atoms with Gasteiger partial charge in [0, 0.05) is 6.26 Å². The van der Waals surface area contributed by atoms with Crippen molar-refractivity contribution < 1.29 is 13.5 Å². The first kappa shape index (κ1) is 14.5. The second-order valence-electron chi connectivity index (χ2n) is 3.55. The molecule has 0 atom stereocenters. The topological polar surface area (TPSA) is 152 Å². The van der Waals surface area contributed by atoms with Crippen LogP contribution >= 0.6 is 0 Å². The molecule has 9 heteroatoms. The lowest BCUT2D eigenvalue weighted by molar-refractivity contribution is 0.477. The maximum atomic E-state index is 11.3. The molecule has 1 aromatic rings. The zero-order chi connectivity index (χ0) is 14.6. The number of nitrogens with zero attached hydrogens (tertiary/aromatic N) is 2. The van der Waals surface area contributed by atoms with Crippen molar-refractivity contribution in [3.05, 3.63) is 18.2 Å². The number of amidine groups is 1. The fourth-order valence-corrected chi connectivity index (χ4v) is 1.74. The molecule has 0 aliphatic rings. The second-order valence-corrected chi connectivity index (χ2v) is 5.56. The van der Waals surface area contributed by atoms with Crippen molar-refractivity contribution in [3.63, 3.8) is 0 Å². The molecule has 0 saturated carbocycles. The summed E-state index contributed by atoms with van der Waals surface area (Å²) >= 11 is 0. The zero-order valence-electron chi connectivity index (χ0n) is 9.88. The van der Waals surface area contributed by atoms with Gasteiger partial charge >= 0.3 is 0 Å². The summed E-state index contributed by atoms with van der Waals surface area (Å²) in [4.78, 5) is -0.0238. The van der Waals surface area contributed by atoms with Crippen LogP contribution in [0.2, 0.25) is 0 Å². The quantitative estimate of drug-likeness (QED) is 0.264. The van der Waals surface area contributed by atoms with Crippen molar-refractivity contribution in [2.24, 2.45) is 10.8 Å². The Balaban J connectivity index is 3.16. The maximum absolute atomic E-state index is 11.3. The minimum Gasteiger partial charge on any atom is -0.506 e. The van der Waals surface area contributed by atoms with Crippen molar-refractivity contribution in [1.82, 2.24) is 0 Å². The van der Waals surface area contributed by atoms with Crippen LogP contribution in [0.25, 0.3) is 0 Å². The molecule has 5 N–H and O–H groups in total. The third-order valence-corrected chi connectivity index (χ3v) is 3.16. The Hall–Kier alpha value is -2.60. The van der Waals surface area contributed by atoms with Crippen LogP contribution in [0.4, 0.5) is 5.69 Å². The number of hydrogen-bond donors (Lipinski definition) is 4. The number of nitrogens with one attached hydrogen (secondary N) is 2. The van der Waals surface area contributed by atoms with Crippen LogP contribution in [0.15, 0.2) is 28.2 Å². The first-order valence-electron chi connectivity index (χ1n) is 4.87. The number of benzene rings is 1. The molecule has 19 heavy (non-hydrogen) atoms. The van der Waals surface area contributed by atoms with E-state index in [1.165, 1.54) is 12.1 Å². The van der Waals surface area contributed by atoms with E-state index in [9.17, 15) is 13.5 Å². The van der Waals surface area contributed by atoms with Gasteiger partial charge in [-0.25, -0.2) is 8.42 Å². The number of phenols is 1. The number of sulfone groups is 1. The number of hydrazone groups is 1. The summed E-state index contributed by atoms with van der Waals surface area (Å²) in [5.74, 6) is -0.800. The number of rotatable bonds is 4. The summed E-state index contributed by atoms with van der Waals surface area (Å²) in [6.45, 7) is 0. The third-order valence-electron chi connectivity index (χ3n) is 2.05. The van der Waals surface area contributed by atoms with Crippen molar-refractivity contribution in [2.45, 2.75) is 4.90 Å². The largest absolute Gasteiger partial charge is 0.506 e. The zero-order valence-corrected chi connectivity index (χ0v) is 10.7. The van der Waals surface area contributed by atoms with Crippen molar-refractivity contribution in [1.29, 1.82) is 10.7 Å². The van der Waals surface area contributed by atoms with Crippen molar-refractivity contribution >= 4 is 27.1 Å². The van der Waals surface area contributed by atoms with Gasteiger partial charge in [0.15, 0.2) is 15.7 Å². The molecule has 1 aromatic carbocycles. The fraction of sp³-hybridized carbons (Fsp3) is 0.100. The van der Waals surface area contributed by atoms with Crippen LogP contribution < -0.4 is 11.2 Å². The Bertz CT molecular complexity index is 688. The third kappa shape index (κ3) is 3.68. The monoisotopic (exact) mass is 281 g/mol. The summed E-state index contributed by atoms with van der Waals surface area (Å²) in [5, 5.41) is 28.7. The lowest BCUT2D eigenvalue weighted by Gasteiger charge is -2.06. The van der Waals surface area contributed by atoms with Gasteiger partial charge in [-0.05, 0) is 18.2 Å². The van der Waals surface area contributed by atoms with Crippen LogP contribution in [0.5, 0.6) is 5.75 Å². The number of nitriles is 1. The van der Waals surface area contributed by atoms with Gasteiger partial charge < -0.3 is 10.8 Å². The maximum Gasteiger partial charge on any atom is 0.201 e. The number of nitrogens with two attached hydrogens (primary N) is 1. The number of anilines is 1. The highest BCUT2D eigenvalue weighted by Crippen LogP contribution is 2.26.